The fourth-order valence-corrected chi connectivity index (χ4v) is 0.550. The summed E-state index contributed by atoms with van der Waals surface area (Å²) in [5.74, 6) is -0.613. The Balaban J connectivity index is 0. The summed E-state index contributed by atoms with van der Waals surface area (Å²) in [7, 11) is 0. The van der Waals surface area contributed by atoms with Crippen molar-refractivity contribution in [1.29, 1.82) is 0 Å². The van der Waals surface area contributed by atoms with Gasteiger partial charge in [-0.25, -0.2) is 4.79 Å². The van der Waals surface area contributed by atoms with E-state index in [4.69, 9.17) is 4.74 Å². The van der Waals surface area contributed by atoms with Crippen molar-refractivity contribution in [3.8, 4) is 0 Å². The Morgan fingerprint density at radius 2 is 1.88 bits per heavy atom. The number of hydrogen-bond donors (Lipinski definition) is 0. The topological polar surface area (TPSA) is 52.6 Å². The van der Waals surface area contributed by atoms with Gasteiger partial charge in [0.2, 0.25) is 0 Å². The molecule has 0 aliphatic carbocycles. The standard InChI is InChI=1S/C8H14O2.C4H6O2/c1-4-5-6-10-8(9)7(2)3;1-3-6-4(2)5/h2,4-6H2,1,3H3;3H,1H2,2H3. The first kappa shape index (κ1) is 16.8. The monoisotopic (exact) mass is 228 g/mol. The molecule has 4 nitrogen and oxygen atoms in total. The average Bonchev–Trinajstić information content (AvgIpc) is 2.18. The van der Waals surface area contributed by atoms with Gasteiger partial charge >= 0.3 is 11.9 Å². The summed E-state index contributed by atoms with van der Waals surface area (Å²) >= 11 is 0. The molecule has 0 aliphatic rings. The SMILES string of the molecule is C=C(C)C(=O)OCCCC.C=COC(C)=O. The van der Waals surface area contributed by atoms with Crippen LogP contribution in [0.25, 0.3) is 0 Å². The van der Waals surface area contributed by atoms with Crippen LogP contribution in [0.3, 0.4) is 0 Å². The molecule has 0 aromatic carbocycles. The first-order valence-electron chi connectivity index (χ1n) is 5.06. The van der Waals surface area contributed by atoms with Gasteiger partial charge < -0.3 is 9.47 Å². The van der Waals surface area contributed by atoms with Crippen molar-refractivity contribution in [3.05, 3.63) is 25.0 Å². The van der Waals surface area contributed by atoms with E-state index in [2.05, 4.69) is 24.8 Å². The van der Waals surface area contributed by atoms with E-state index >= 15 is 0 Å². The lowest BCUT2D eigenvalue weighted by Crippen LogP contribution is -2.05. The largest absolute Gasteiger partial charge is 0.462 e. The summed E-state index contributed by atoms with van der Waals surface area (Å²) in [6, 6.07) is 0. The van der Waals surface area contributed by atoms with Gasteiger partial charge in [-0.15, -0.1) is 0 Å². The van der Waals surface area contributed by atoms with Crippen LogP contribution < -0.4 is 0 Å². The lowest BCUT2D eigenvalue weighted by molar-refractivity contribution is -0.139. The Kier molecular flexibility index (Phi) is 12.1. The van der Waals surface area contributed by atoms with Crippen molar-refractivity contribution in [1.82, 2.24) is 0 Å². The summed E-state index contributed by atoms with van der Waals surface area (Å²) in [6.45, 7) is 12.2. The van der Waals surface area contributed by atoms with E-state index in [1.807, 2.05) is 0 Å². The summed E-state index contributed by atoms with van der Waals surface area (Å²) < 4.78 is 8.97. The van der Waals surface area contributed by atoms with Crippen LogP contribution in [0.15, 0.2) is 25.0 Å². The minimum absolute atomic E-state index is 0.284. The van der Waals surface area contributed by atoms with Gasteiger partial charge in [0.15, 0.2) is 0 Å². The second-order valence-electron chi connectivity index (χ2n) is 3.05. The van der Waals surface area contributed by atoms with Crippen molar-refractivity contribution >= 4 is 11.9 Å². The highest BCUT2D eigenvalue weighted by Crippen LogP contribution is 1.94. The first-order chi connectivity index (χ1) is 7.45. The summed E-state index contributed by atoms with van der Waals surface area (Å²) in [5, 5.41) is 0. The van der Waals surface area contributed by atoms with Gasteiger partial charge in [0.1, 0.15) is 0 Å². The number of unbranched alkanes of at least 4 members (excludes halogenated alkanes) is 1. The number of rotatable bonds is 5. The molecule has 0 unspecified atom stereocenters. The van der Waals surface area contributed by atoms with Crippen molar-refractivity contribution in [3.63, 3.8) is 0 Å². The molecule has 0 aromatic heterocycles. The number of esters is 2. The van der Waals surface area contributed by atoms with Crippen LogP contribution in [0.1, 0.15) is 33.6 Å². The molecule has 0 atom stereocenters. The Bertz CT molecular complexity index is 243. The number of carbonyl (C=O) groups is 2. The Hall–Kier alpha value is -1.58. The smallest absolute Gasteiger partial charge is 0.333 e. The van der Waals surface area contributed by atoms with Gasteiger partial charge in [-0.05, 0) is 13.3 Å². The van der Waals surface area contributed by atoms with E-state index in [1.54, 1.807) is 6.92 Å². The second-order valence-corrected chi connectivity index (χ2v) is 3.05. The van der Waals surface area contributed by atoms with Crippen LogP contribution in [0, 0.1) is 0 Å². The van der Waals surface area contributed by atoms with E-state index < -0.39 is 0 Å². The lowest BCUT2D eigenvalue weighted by atomic mass is 10.3. The van der Waals surface area contributed by atoms with Gasteiger partial charge in [-0.2, -0.15) is 0 Å². The fourth-order valence-electron chi connectivity index (χ4n) is 0.550. The van der Waals surface area contributed by atoms with Crippen LogP contribution in [-0.2, 0) is 19.1 Å². The van der Waals surface area contributed by atoms with Crippen molar-refractivity contribution in [2.45, 2.75) is 33.6 Å². The molecule has 0 aromatic rings. The Labute approximate surface area is 96.9 Å². The van der Waals surface area contributed by atoms with Crippen molar-refractivity contribution < 1.29 is 19.1 Å². The van der Waals surface area contributed by atoms with E-state index in [-0.39, 0.29) is 11.9 Å². The van der Waals surface area contributed by atoms with E-state index in [0.717, 1.165) is 19.1 Å². The summed E-state index contributed by atoms with van der Waals surface area (Å²) in [6.07, 6.45) is 3.07. The maximum Gasteiger partial charge on any atom is 0.333 e. The highest BCUT2D eigenvalue weighted by Gasteiger charge is 2.00. The third kappa shape index (κ3) is 14.9. The molecule has 0 saturated heterocycles. The van der Waals surface area contributed by atoms with Crippen molar-refractivity contribution in [2.75, 3.05) is 6.61 Å². The van der Waals surface area contributed by atoms with E-state index in [1.165, 1.54) is 6.92 Å². The molecule has 0 saturated carbocycles. The lowest BCUT2D eigenvalue weighted by Gasteiger charge is -2.01. The fraction of sp³-hybridized carbons (Fsp3) is 0.500. The molecule has 0 amide bonds. The van der Waals surface area contributed by atoms with Gasteiger partial charge in [-0.3, -0.25) is 4.79 Å². The summed E-state index contributed by atoms with van der Waals surface area (Å²) in [5.41, 5.74) is 0.469. The molecule has 92 valence electrons. The third-order valence-corrected chi connectivity index (χ3v) is 1.33. The zero-order valence-electron chi connectivity index (χ0n) is 10.2. The van der Waals surface area contributed by atoms with Gasteiger partial charge in [0, 0.05) is 12.5 Å². The molecule has 0 spiro atoms. The molecule has 16 heavy (non-hydrogen) atoms. The minimum Gasteiger partial charge on any atom is -0.462 e. The van der Waals surface area contributed by atoms with Crippen LogP contribution in [0.5, 0.6) is 0 Å². The van der Waals surface area contributed by atoms with E-state index in [0.29, 0.717) is 12.2 Å². The predicted octanol–water partition coefficient (Wildman–Crippen LogP) is 2.60. The molecule has 0 aliphatic heterocycles. The van der Waals surface area contributed by atoms with Crippen molar-refractivity contribution in [2.24, 2.45) is 0 Å². The quantitative estimate of drug-likeness (QED) is 0.314. The van der Waals surface area contributed by atoms with E-state index in [9.17, 15) is 9.59 Å². The van der Waals surface area contributed by atoms with Crippen LogP contribution >= 0.6 is 0 Å². The Morgan fingerprint density at radius 1 is 1.31 bits per heavy atom. The first-order valence-corrected chi connectivity index (χ1v) is 5.06. The molecular formula is C12H20O4. The van der Waals surface area contributed by atoms with Crippen LogP contribution in [0.4, 0.5) is 0 Å². The van der Waals surface area contributed by atoms with Gasteiger partial charge in [0.05, 0.1) is 12.9 Å². The Morgan fingerprint density at radius 3 is 2.12 bits per heavy atom. The molecule has 0 radical (unpaired) electrons. The highest BCUT2D eigenvalue weighted by molar-refractivity contribution is 5.86. The molecule has 0 bridgehead atoms. The molecular weight excluding hydrogens is 208 g/mol. The number of carbonyl (C=O) groups excluding carboxylic acids is 2. The zero-order chi connectivity index (χ0) is 13.0. The van der Waals surface area contributed by atoms with Gasteiger partial charge in [-0.1, -0.05) is 26.5 Å². The molecule has 0 fully saturated rings. The molecule has 0 rings (SSSR count). The molecule has 0 heterocycles. The normalized spacial score (nSPS) is 8.19. The second kappa shape index (κ2) is 11.5. The minimum atomic E-state index is -0.329. The average molecular weight is 228 g/mol. The zero-order valence-corrected chi connectivity index (χ0v) is 10.2. The molecule has 0 N–H and O–H groups in total. The third-order valence-electron chi connectivity index (χ3n) is 1.33. The maximum atomic E-state index is 10.7. The number of hydrogen-bond acceptors (Lipinski definition) is 4. The van der Waals surface area contributed by atoms with Crippen LogP contribution in [-0.4, -0.2) is 18.5 Å². The van der Waals surface area contributed by atoms with Gasteiger partial charge in [0.25, 0.3) is 0 Å². The molecule has 4 heteroatoms. The highest BCUT2D eigenvalue weighted by atomic mass is 16.5. The summed E-state index contributed by atoms with van der Waals surface area (Å²) in [4.78, 5) is 20.4. The van der Waals surface area contributed by atoms with Crippen LogP contribution in [0.2, 0.25) is 0 Å². The number of ether oxygens (including phenoxy) is 2. The maximum absolute atomic E-state index is 10.7. The predicted molar refractivity (Wildman–Crippen MR) is 62.6 cm³/mol.